The lowest BCUT2D eigenvalue weighted by atomic mass is 10.1. The molecule has 0 spiro atoms. The monoisotopic (exact) mass is 343 g/mol. The largest absolute Gasteiger partial charge is 0.253 e. The summed E-state index contributed by atoms with van der Waals surface area (Å²) >= 11 is 3.46. The van der Waals surface area contributed by atoms with Crippen LogP contribution in [0.5, 0.6) is 0 Å². The highest BCUT2D eigenvalue weighted by atomic mass is 79.9. The van der Waals surface area contributed by atoms with Crippen LogP contribution < -0.4 is 0 Å². The second-order valence-corrected chi connectivity index (χ2v) is 6.35. The number of rotatable bonds is 2. The second kappa shape index (κ2) is 5.18. The van der Waals surface area contributed by atoms with Gasteiger partial charge in [-0.2, -0.15) is 4.68 Å². The average molecular weight is 344 g/mol. The smallest absolute Gasteiger partial charge is 0.159 e. The first-order valence-corrected chi connectivity index (χ1v) is 7.95. The zero-order valence-electron chi connectivity index (χ0n) is 11.4. The number of halogens is 1. The van der Waals surface area contributed by atoms with Crippen LogP contribution in [0.3, 0.4) is 0 Å². The summed E-state index contributed by atoms with van der Waals surface area (Å²) in [5, 5.41) is 13.4. The molecule has 1 aliphatic carbocycles. The number of pyridine rings is 1. The summed E-state index contributed by atoms with van der Waals surface area (Å²) < 4.78 is 2.83. The normalized spacial score (nSPS) is 15.9. The van der Waals surface area contributed by atoms with Gasteiger partial charge in [-0.3, -0.25) is 4.98 Å². The van der Waals surface area contributed by atoms with Crippen molar-refractivity contribution in [3.05, 3.63) is 40.8 Å². The molecular formula is C15H14BrN5. The fraction of sp³-hybridized carbons (Fsp3) is 0.333. The van der Waals surface area contributed by atoms with Crippen LogP contribution in [0.2, 0.25) is 0 Å². The molecule has 2 aromatic heterocycles. The van der Waals surface area contributed by atoms with Gasteiger partial charge in [-0.1, -0.05) is 25.0 Å². The van der Waals surface area contributed by atoms with E-state index >= 15 is 0 Å². The number of fused-ring (bicyclic) bond motifs is 1. The Kier molecular flexibility index (Phi) is 3.18. The lowest BCUT2D eigenvalue weighted by Gasteiger charge is -2.11. The average Bonchev–Trinajstić information content (AvgIpc) is 3.17. The molecule has 0 saturated heterocycles. The minimum absolute atomic E-state index is 0.464. The van der Waals surface area contributed by atoms with Crippen LogP contribution in [0, 0.1) is 0 Å². The Morgan fingerprint density at radius 2 is 2.05 bits per heavy atom. The van der Waals surface area contributed by atoms with Crippen molar-refractivity contribution in [2.24, 2.45) is 0 Å². The van der Waals surface area contributed by atoms with Gasteiger partial charge in [0.15, 0.2) is 5.82 Å². The molecule has 3 aromatic rings. The van der Waals surface area contributed by atoms with Crippen LogP contribution in [0.25, 0.3) is 16.6 Å². The van der Waals surface area contributed by atoms with Crippen LogP contribution in [0.15, 0.2) is 34.9 Å². The molecule has 0 N–H and O–H groups in total. The van der Waals surface area contributed by atoms with Gasteiger partial charge >= 0.3 is 0 Å². The first-order chi connectivity index (χ1) is 10.3. The molecule has 0 radical (unpaired) electrons. The summed E-state index contributed by atoms with van der Waals surface area (Å²) in [4.78, 5) is 4.54. The molecule has 1 saturated carbocycles. The zero-order valence-corrected chi connectivity index (χ0v) is 13.0. The van der Waals surface area contributed by atoms with Gasteiger partial charge in [-0.15, -0.1) is 5.10 Å². The highest BCUT2D eigenvalue weighted by Crippen LogP contribution is 2.34. The molecule has 0 aliphatic heterocycles. The Labute approximate surface area is 130 Å². The Hall–Kier alpha value is -1.82. The minimum Gasteiger partial charge on any atom is -0.253 e. The van der Waals surface area contributed by atoms with Crippen molar-refractivity contribution in [3.63, 3.8) is 0 Å². The van der Waals surface area contributed by atoms with Gasteiger partial charge in [-0.05, 0) is 51.3 Å². The zero-order chi connectivity index (χ0) is 14.2. The van der Waals surface area contributed by atoms with Crippen molar-refractivity contribution in [1.82, 2.24) is 25.2 Å². The van der Waals surface area contributed by atoms with Crippen molar-refractivity contribution in [1.29, 1.82) is 0 Å². The van der Waals surface area contributed by atoms with Crippen molar-refractivity contribution < 1.29 is 0 Å². The van der Waals surface area contributed by atoms with Crippen molar-refractivity contribution in [2.75, 3.05) is 0 Å². The Bertz CT molecular complexity index is 792. The molecule has 1 aliphatic rings. The maximum Gasteiger partial charge on any atom is 0.159 e. The molecule has 0 amide bonds. The SMILES string of the molecule is Brc1cnc2c(-n3nnnc3C3CCCC3)cccc2c1. The van der Waals surface area contributed by atoms with E-state index in [-0.39, 0.29) is 0 Å². The number of tetrazole rings is 1. The van der Waals surface area contributed by atoms with Gasteiger partial charge < -0.3 is 0 Å². The van der Waals surface area contributed by atoms with Gasteiger partial charge in [0.05, 0.1) is 11.2 Å². The van der Waals surface area contributed by atoms with Gasteiger partial charge in [0.25, 0.3) is 0 Å². The minimum atomic E-state index is 0.464. The third kappa shape index (κ3) is 2.23. The molecule has 0 atom stereocenters. The molecule has 106 valence electrons. The first kappa shape index (κ1) is 12.9. The fourth-order valence-corrected chi connectivity index (χ4v) is 3.44. The van der Waals surface area contributed by atoms with Crippen molar-refractivity contribution >= 4 is 26.8 Å². The van der Waals surface area contributed by atoms with Gasteiger partial charge in [-0.25, -0.2) is 0 Å². The highest BCUT2D eigenvalue weighted by Gasteiger charge is 2.24. The van der Waals surface area contributed by atoms with E-state index in [4.69, 9.17) is 0 Å². The Morgan fingerprint density at radius 1 is 1.19 bits per heavy atom. The van der Waals surface area contributed by atoms with Crippen molar-refractivity contribution in [2.45, 2.75) is 31.6 Å². The summed E-state index contributed by atoms with van der Waals surface area (Å²) in [7, 11) is 0. The van der Waals surface area contributed by atoms with E-state index in [2.05, 4.69) is 48.6 Å². The molecule has 0 unspecified atom stereocenters. The summed E-state index contributed by atoms with van der Waals surface area (Å²) in [5.41, 5.74) is 1.87. The number of nitrogens with zero attached hydrogens (tertiary/aromatic N) is 5. The lowest BCUT2D eigenvalue weighted by Crippen LogP contribution is -2.07. The number of benzene rings is 1. The second-order valence-electron chi connectivity index (χ2n) is 5.43. The van der Waals surface area contributed by atoms with E-state index < -0.39 is 0 Å². The summed E-state index contributed by atoms with van der Waals surface area (Å²) in [6.45, 7) is 0. The van der Waals surface area contributed by atoms with Crippen LogP contribution in [0.4, 0.5) is 0 Å². The highest BCUT2D eigenvalue weighted by molar-refractivity contribution is 9.10. The molecule has 21 heavy (non-hydrogen) atoms. The van der Waals surface area contributed by atoms with E-state index in [0.29, 0.717) is 5.92 Å². The quantitative estimate of drug-likeness (QED) is 0.712. The maximum atomic E-state index is 4.54. The number of hydrogen-bond acceptors (Lipinski definition) is 4. The fourth-order valence-electron chi connectivity index (χ4n) is 3.09. The van der Waals surface area contributed by atoms with E-state index in [0.717, 1.165) is 26.9 Å². The van der Waals surface area contributed by atoms with Gasteiger partial charge in [0.1, 0.15) is 0 Å². The molecule has 1 aromatic carbocycles. The number of aromatic nitrogens is 5. The predicted octanol–water partition coefficient (Wildman–Crippen LogP) is 3.63. The number of hydrogen-bond donors (Lipinski definition) is 0. The van der Waals surface area contributed by atoms with Gasteiger partial charge in [0.2, 0.25) is 0 Å². The lowest BCUT2D eigenvalue weighted by molar-refractivity contribution is 0.637. The Balaban J connectivity index is 1.89. The third-order valence-corrected chi connectivity index (χ3v) is 4.53. The van der Waals surface area contributed by atoms with Gasteiger partial charge in [0, 0.05) is 22.0 Å². The number of para-hydroxylation sites is 1. The van der Waals surface area contributed by atoms with Crippen LogP contribution >= 0.6 is 15.9 Å². The molecule has 0 bridgehead atoms. The molecule has 2 heterocycles. The molecule has 5 nitrogen and oxygen atoms in total. The Morgan fingerprint density at radius 3 is 2.90 bits per heavy atom. The standard InChI is InChI=1S/C15H14BrN5/c16-12-8-11-6-3-7-13(14(11)17-9-12)21-15(18-19-20-21)10-4-1-2-5-10/h3,6-10H,1-2,4-5H2. The summed E-state index contributed by atoms with van der Waals surface area (Å²) in [6, 6.07) is 8.16. The topological polar surface area (TPSA) is 56.5 Å². The van der Waals surface area contributed by atoms with E-state index in [1.54, 1.807) is 0 Å². The molecular weight excluding hydrogens is 330 g/mol. The van der Waals surface area contributed by atoms with Crippen molar-refractivity contribution in [3.8, 4) is 5.69 Å². The maximum absolute atomic E-state index is 4.54. The first-order valence-electron chi connectivity index (χ1n) is 7.16. The van der Waals surface area contributed by atoms with Crippen LogP contribution in [0.1, 0.15) is 37.4 Å². The van der Waals surface area contributed by atoms with Crippen LogP contribution in [-0.2, 0) is 0 Å². The summed E-state index contributed by atoms with van der Waals surface area (Å²) in [5.74, 6) is 1.43. The molecule has 6 heteroatoms. The van der Waals surface area contributed by atoms with E-state index in [9.17, 15) is 0 Å². The molecule has 1 fully saturated rings. The predicted molar refractivity (Wildman–Crippen MR) is 83.4 cm³/mol. The van der Waals surface area contributed by atoms with E-state index in [1.165, 1.54) is 25.7 Å². The molecule has 4 rings (SSSR count). The summed E-state index contributed by atoms with van der Waals surface area (Å²) in [6.07, 6.45) is 6.68. The van der Waals surface area contributed by atoms with Crippen LogP contribution in [-0.4, -0.2) is 25.2 Å². The van der Waals surface area contributed by atoms with E-state index in [1.807, 2.05) is 23.0 Å². The third-order valence-electron chi connectivity index (χ3n) is 4.10.